The zero-order valence-corrected chi connectivity index (χ0v) is 16.4. The molecule has 6 nitrogen and oxygen atoms in total. The summed E-state index contributed by atoms with van der Waals surface area (Å²) in [6, 6.07) is 14.4. The van der Waals surface area contributed by atoms with Crippen molar-refractivity contribution in [3.05, 3.63) is 54.1 Å². The van der Waals surface area contributed by atoms with E-state index in [1.54, 1.807) is 29.2 Å². The van der Waals surface area contributed by atoms with Gasteiger partial charge in [0.2, 0.25) is 5.91 Å². The van der Waals surface area contributed by atoms with E-state index in [1.165, 1.54) is 7.11 Å². The molecule has 28 heavy (non-hydrogen) atoms. The van der Waals surface area contributed by atoms with Gasteiger partial charge in [-0.15, -0.1) is 0 Å². The fourth-order valence-corrected chi connectivity index (χ4v) is 3.14. The van der Waals surface area contributed by atoms with Crippen molar-refractivity contribution in [2.24, 2.45) is 5.92 Å². The quantitative estimate of drug-likeness (QED) is 0.682. The first-order chi connectivity index (χ1) is 13.5. The van der Waals surface area contributed by atoms with Gasteiger partial charge in [0.05, 0.1) is 25.4 Å². The van der Waals surface area contributed by atoms with Crippen molar-refractivity contribution in [3.8, 4) is 11.5 Å². The van der Waals surface area contributed by atoms with E-state index in [1.807, 2.05) is 38.1 Å². The number of hydrogen-bond donors (Lipinski definition) is 0. The van der Waals surface area contributed by atoms with Crippen LogP contribution in [0.1, 0.15) is 30.6 Å². The maximum absolute atomic E-state index is 12.4. The van der Waals surface area contributed by atoms with Gasteiger partial charge in [0.1, 0.15) is 11.5 Å². The van der Waals surface area contributed by atoms with E-state index in [0.29, 0.717) is 30.9 Å². The lowest BCUT2D eigenvalue weighted by Crippen LogP contribution is -2.25. The maximum Gasteiger partial charge on any atom is 0.337 e. The highest BCUT2D eigenvalue weighted by Crippen LogP contribution is 2.27. The average molecular weight is 383 g/mol. The molecule has 0 aliphatic carbocycles. The van der Waals surface area contributed by atoms with E-state index in [9.17, 15) is 9.59 Å². The summed E-state index contributed by atoms with van der Waals surface area (Å²) in [4.78, 5) is 25.6. The lowest BCUT2D eigenvalue weighted by molar-refractivity contribution is -0.117. The zero-order chi connectivity index (χ0) is 20.1. The van der Waals surface area contributed by atoms with E-state index in [0.717, 1.165) is 11.4 Å². The standard InChI is InChI=1S/C22H25NO5/c1-15(2)28-20-10-6-18(7-11-20)23-13-16(12-21(23)24)14-27-19-8-4-17(5-9-19)22(25)26-3/h4-11,15-16H,12-14H2,1-3H3. The van der Waals surface area contributed by atoms with Gasteiger partial charge in [-0.05, 0) is 62.4 Å². The molecular formula is C22H25NO5. The fourth-order valence-electron chi connectivity index (χ4n) is 3.14. The third-order valence-corrected chi connectivity index (χ3v) is 4.49. The monoisotopic (exact) mass is 383 g/mol. The smallest absolute Gasteiger partial charge is 0.337 e. The van der Waals surface area contributed by atoms with Gasteiger partial charge in [0, 0.05) is 24.6 Å². The minimum absolute atomic E-state index is 0.0900. The first-order valence-electron chi connectivity index (χ1n) is 9.34. The Labute approximate surface area is 165 Å². The van der Waals surface area contributed by atoms with Crippen LogP contribution in [0.3, 0.4) is 0 Å². The largest absolute Gasteiger partial charge is 0.493 e. The summed E-state index contributed by atoms with van der Waals surface area (Å²) in [5.74, 6) is 1.27. The first-order valence-corrected chi connectivity index (χ1v) is 9.34. The molecule has 1 atom stereocenters. The van der Waals surface area contributed by atoms with Crippen molar-refractivity contribution >= 4 is 17.6 Å². The summed E-state index contributed by atoms with van der Waals surface area (Å²) in [7, 11) is 1.35. The number of hydrogen-bond acceptors (Lipinski definition) is 5. The Balaban J connectivity index is 1.55. The molecule has 0 spiro atoms. The van der Waals surface area contributed by atoms with Gasteiger partial charge in [-0.25, -0.2) is 4.79 Å². The van der Waals surface area contributed by atoms with Gasteiger partial charge < -0.3 is 19.1 Å². The summed E-state index contributed by atoms with van der Waals surface area (Å²) < 4.78 is 16.1. The van der Waals surface area contributed by atoms with Crippen LogP contribution in [0, 0.1) is 5.92 Å². The molecule has 0 saturated carbocycles. The molecule has 0 radical (unpaired) electrons. The summed E-state index contributed by atoms with van der Waals surface area (Å²) in [6.07, 6.45) is 0.562. The minimum Gasteiger partial charge on any atom is -0.493 e. The van der Waals surface area contributed by atoms with Gasteiger partial charge in [-0.2, -0.15) is 0 Å². The summed E-state index contributed by atoms with van der Waals surface area (Å²) in [5.41, 5.74) is 1.34. The predicted octanol–water partition coefficient (Wildman–Crippen LogP) is 3.69. The molecule has 1 fully saturated rings. The molecule has 1 aliphatic heterocycles. The number of methoxy groups -OCH3 is 1. The van der Waals surface area contributed by atoms with E-state index in [2.05, 4.69) is 4.74 Å². The maximum atomic E-state index is 12.4. The van der Waals surface area contributed by atoms with Crippen LogP contribution in [-0.4, -0.2) is 38.2 Å². The van der Waals surface area contributed by atoms with Crippen molar-refractivity contribution in [2.45, 2.75) is 26.4 Å². The van der Waals surface area contributed by atoms with Crippen molar-refractivity contribution in [3.63, 3.8) is 0 Å². The number of carbonyl (C=O) groups is 2. The third kappa shape index (κ3) is 4.82. The summed E-state index contributed by atoms with van der Waals surface area (Å²) in [5, 5.41) is 0. The molecule has 2 aromatic carbocycles. The van der Waals surface area contributed by atoms with Gasteiger partial charge >= 0.3 is 5.97 Å². The minimum atomic E-state index is -0.381. The number of rotatable bonds is 7. The average Bonchev–Trinajstić information content (AvgIpc) is 3.07. The second-order valence-electron chi connectivity index (χ2n) is 7.06. The van der Waals surface area contributed by atoms with Gasteiger partial charge in [0.15, 0.2) is 0 Å². The fraction of sp³-hybridized carbons (Fsp3) is 0.364. The van der Waals surface area contributed by atoms with Crippen LogP contribution in [0.2, 0.25) is 0 Å². The SMILES string of the molecule is COC(=O)c1ccc(OCC2CC(=O)N(c3ccc(OC(C)C)cc3)C2)cc1. The highest BCUT2D eigenvalue weighted by Gasteiger charge is 2.31. The van der Waals surface area contributed by atoms with E-state index in [4.69, 9.17) is 9.47 Å². The van der Waals surface area contributed by atoms with Crippen molar-refractivity contribution < 1.29 is 23.8 Å². The molecule has 0 aromatic heterocycles. The second kappa shape index (κ2) is 8.78. The van der Waals surface area contributed by atoms with Crippen LogP contribution < -0.4 is 14.4 Å². The molecule has 0 bridgehead atoms. The number of nitrogens with zero attached hydrogens (tertiary/aromatic N) is 1. The molecule has 1 heterocycles. The number of benzene rings is 2. The molecule has 1 unspecified atom stereocenters. The molecule has 2 aromatic rings. The molecule has 1 amide bonds. The molecular weight excluding hydrogens is 358 g/mol. The molecule has 3 rings (SSSR count). The Morgan fingerprint density at radius 2 is 1.71 bits per heavy atom. The summed E-state index contributed by atoms with van der Waals surface area (Å²) >= 11 is 0. The van der Waals surface area contributed by atoms with Gasteiger partial charge in [-0.1, -0.05) is 0 Å². The Morgan fingerprint density at radius 1 is 1.07 bits per heavy atom. The highest BCUT2D eigenvalue weighted by atomic mass is 16.5. The Morgan fingerprint density at radius 3 is 2.32 bits per heavy atom. The Bertz CT molecular complexity index is 814. The van der Waals surface area contributed by atoms with E-state index in [-0.39, 0.29) is 23.9 Å². The molecule has 148 valence electrons. The normalized spacial score (nSPS) is 16.4. The van der Waals surface area contributed by atoms with E-state index >= 15 is 0 Å². The topological polar surface area (TPSA) is 65.1 Å². The first kappa shape index (κ1) is 19.7. The summed E-state index contributed by atoms with van der Waals surface area (Å²) in [6.45, 7) is 5.01. The van der Waals surface area contributed by atoms with Crippen LogP contribution in [0.15, 0.2) is 48.5 Å². The number of anilines is 1. The number of carbonyl (C=O) groups excluding carboxylic acids is 2. The highest BCUT2D eigenvalue weighted by molar-refractivity contribution is 5.95. The number of ether oxygens (including phenoxy) is 3. The third-order valence-electron chi connectivity index (χ3n) is 4.49. The Kier molecular flexibility index (Phi) is 6.19. The number of esters is 1. The lowest BCUT2D eigenvalue weighted by atomic mass is 10.1. The predicted molar refractivity (Wildman–Crippen MR) is 106 cm³/mol. The molecule has 1 saturated heterocycles. The van der Waals surface area contributed by atoms with Crippen LogP contribution in [0.5, 0.6) is 11.5 Å². The molecule has 0 N–H and O–H groups in total. The van der Waals surface area contributed by atoms with Gasteiger partial charge in [-0.3, -0.25) is 4.79 Å². The molecule has 6 heteroatoms. The van der Waals surface area contributed by atoms with Crippen LogP contribution >= 0.6 is 0 Å². The number of amides is 1. The van der Waals surface area contributed by atoms with Crippen LogP contribution in [0.25, 0.3) is 0 Å². The molecule has 1 aliphatic rings. The second-order valence-corrected chi connectivity index (χ2v) is 7.06. The van der Waals surface area contributed by atoms with Crippen molar-refractivity contribution in [1.29, 1.82) is 0 Å². The van der Waals surface area contributed by atoms with Gasteiger partial charge in [0.25, 0.3) is 0 Å². The van der Waals surface area contributed by atoms with Crippen molar-refractivity contribution in [2.75, 3.05) is 25.2 Å². The van der Waals surface area contributed by atoms with Crippen molar-refractivity contribution in [1.82, 2.24) is 0 Å². The Hall–Kier alpha value is -3.02. The van der Waals surface area contributed by atoms with Crippen LogP contribution in [-0.2, 0) is 9.53 Å². The van der Waals surface area contributed by atoms with Crippen LogP contribution in [0.4, 0.5) is 5.69 Å². The van der Waals surface area contributed by atoms with E-state index < -0.39 is 0 Å². The zero-order valence-electron chi connectivity index (χ0n) is 16.4. The lowest BCUT2D eigenvalue weighted by Gasteiger charge is -2.18.